The summed E-state index contributed by atoms with van der Waals surface area (Å²) in [4.78, 5) is 0. The van der Waals surface area contributed by atoms with Crippen molar-refractivity contribution < 1.29 is 59.4 Å². The van der Waals surface area contributed by atoms with Gasteiger partial charge in [-0.2, -0.15) is 0 Å². The molecule has 0 unspecified atom stereocenters. The van der Waals surface area contributed by atoms with E-state index in [0.717, 1.165) is 44.9 Å². The third kappa shape index (κ3) is 6.96. The van der Waals surface area contributed by atoms with E-state index in [9.17, 15) is 35.7 Å². The van der Waals surface area contributed by atoms with Crippen molar-refractivity contribution in [3.8, 4) is 0 Å². The minimum atomic E-state index is -1.21. The van der Waals surface area contributed by atoms with Crippen molar-refractivity contribution in [2.45, 2.75) is 166 Å². The Morgan fingerprint density at radius 2 is 1.50 bits per heavy atom. The summed E-state index contributed by atoms with van der Waals surface area (Å²) >= 11 is 0. The molecule has 20 atom stereocenters. The average Bonchev–Trinajstić information content (AvgIpc) is 3.51. The van der Waals surface area contributed by atoms with E-state index < -0.39 is 61.4 Å². The molecular formula is C38H66O12. The predicted octanol–water partition coefficient (Wildman–Crippen LogP) is 1.96. The van der Waals surface area contributed by atoms with Crippen LogP contribution in [0.15, 0.2) is 0 Å². The Morgan fingerprint density at radius 1 is 0.780 bits per heavy atom. The molecule has 0 radical (unpaired) electrons. The zero-order chi connectivity index (χ0) is 36.3. The zero-order valence-electron chi connectivity index (χ0n) is 30.9. The highest BCUT2D eigenvalue weighted by molar-refractivity contribution is 5.13. The van der Waals surface area contributed by atoms with Gasteiger partial charge in [0, 0.05) is 7.11 Å². The highest BCUT2D eigenvalue weighted by Crippen LogP contribution is 2.68. The fourth-order valence-corrected chi connectivity index (χ4v) is 12.0. The van der Waals surface area contributed by atoms with E-state index in [1.807, 2.05) is 0 Å². The summed E-state index contributed by atoms with van der Waals surface area (Å²) in [6.07, 6.45) is -1.58. The van der Waals surface area contributed by atoms with Crippen LogP contribution in [0.2, 0.25) is 0 Å². The van der Waals surface area contributed by atoms with E-state index in [0.29, 0.717) is 30.6 Å². The standard InChI is InChI=1S/C38H66O12/c1-18(2)28(49-35-33(45)32(44)29(16-39)50-35)8-7-19(3)23-15-26(41)30-21-14-25(40)24-13-20(48-36-34(46-6)31(43)27(42)17-47-36)9-11-37(24,4)22(21)10-12-38(23,30)5/h18-36,39-45H,7-17H2,1-6H3/t19-,20+,21-,22+,23-,24-,25-,26+,27-,28+,29-,30-,31+,32-,33+,34-,35+,36+,37-,38-/m1/s1. The Morgan fingerprint density at radius 3 is 2.16 bits per heavy atom. The Balaban J connectivity index is 1.09. The Kier molecular flexibility index (Phi) is 12.0. The molecule has 0 spiro atoms. The number of aliphatic hydroxyl groups is 7. The molecule has 2 aliphatic heterocycles. The Hall–Kier alpha value is -0.480. The van der Waals surface area contributed by atoms with Gasteiger partial charge in [-0.15, -0.1) is 0 Å². The van der Waals surface area contributed by atoms with Crippen molar-refractivity contribution in [1.82, 2.24) is 0 Å². The molecule has 0 bridgehead atoms. The van der Waals surface area contributed by atoms with Crippen molar-refractivity contribution in [3.05, 3.63) is 0 Å². The molecule has 0 aromatic rings. The molecule has 12 nitrogen and oxygen atoms in total. The maximum Gasteiger partial charge on any atom is 0.186 e. The molecule has 2 heterocycles. The Bertz CT molecular complexity index is 1130. The number of rotatable bonds is 11. The van der Waals surface area contributed by atoms with Crippen molar-refractivity contribution in [1.29, 1.82) is 0 Å². The maximum absolute atomic E-state index is 11.8. The van der Waals surface area contributed by atoms with Crippen LogP contribution in [0.25, 0.3) is 0 Å². The first-order valence-corrected chi connectivity index (χ1v) is 19.4. The lowest BCUT2D eigenvalue weighted by atomic mass is 9.43. The summed E-state index contributed by atoms with van der Waals surface area (Å²) in [7, 11) is 1.48. The van der Waals surface area contributed by atoms with Crippen molar-refractivity contribution in [2.75, 3.05) is 20.3 Å². The molecule has 4 aliphatic carbocycles. The maximum atomic E-state index is 11.8. The third-order valence-corrected chi connectivity index (χ3v) is 14.9. The molecule has 0 aromatic heterocycles. The van der Waals surface area contributed by atoms with E-state index in [1.54, 1.807) is 0 Å². The molecule has 0 aromatic carbocycles. The second-order valence-electron chi connectivity index (χ2n) is 17.8. The van der Waals surface area contributed by atoms with Gasteiger partial charge < -0.3 is 59.4 Å². The lowest BCUT2D eigenvalue weighted by molar-refractivity contribution is -0.296. The van der Waals surface area contributed by atoms with Gasteiger partial charge in [-0.3, -0.25) is 0 Å². The summed E-state index contributed by atoms with van der Waals surface area (Å²) in [6, 6.07) is 0. The van der Waals surface area contributed by atoms with E-state index in [-0.39, 0.29) is 59.9 Å². The minimum Gasteiger partial charge on any atom is -0.394 e. The lowest BCUT2D eigenvalue weighted by Gasteiger charge is -2.62. The summed E-state index contributed by atoms with van der Waals surface area (Å²) in [6.45, 7) is 10.8. The van der Waals surface area contributed by atoms with Gasteiger partial charge in [0.05, 0.1) is 37.6 Å². The zero-order valence-corrected chi connectivity index (χ0v) is 30.9. The number of aliphatic hydroxyl groups excluding tert-OH is 7. The van der Waals surface area contributed by atoms with Gasteiger partial charge >= 0.3 is 0 Å². The quantitative estimate of drug-likeness (QED) is 0.155. The largest absolute Gasteiger partial charge is 0.394 e. The van der Waals surface area contributed by atoms with Crippen molar-refractivity contribution in [2.24, 2.45) is 52.3 Å². The number of hydrogen-bond donors (Lipinski definition) is 7. The van der Waals surface area contributed by atoms with Crippen LogP contribution in [0, 0.1) is 52.3 Å². The second-order valence-corrected chi connectivity index (χ2v) is 17.8. The number of hydrogen-bond acceptors (Lipinski definition) is 12. The van der Waals surface area contributed by atoms with E-state index in [1.165, 1.54) is 7.11 Å². The first-order chi connectivity index (χ1) is 23.6. The summed E-state index contributed by atoms with van der Waals surface area (Å²) in [5, 5.41) is 74.3. The van der Waals surface area contributed by atoms with Crippen LogP contribution >= 0.6 is 0 Å². The minimum absolute atomic E-state index is 0.0174. The second kappa shape index (κ2) is 15.3. The highest BCUT2D eigenvalue weighted by atomic mass is 16.7. The van der Waals surface area contributed by atoms with Crippen LogP contribution in [0.3, 0.4) is 0 Å². The highest BCUT2D eigenvalue weighted by Gasteiger charge is 2.65. The average molecular weight is 715 g/mol. The topological polar surface area (TPSA) is 188 Å². The summed E-state index contributed by atoms with van der Waals surface area (Å²) < 4.78 is 29.4. The number of methoxy groups -OCH3 is 1. The predicted molar refractivity (Wildman–Crippen MR) is 181 cm³/mol. The van der Waals surface area contributed by atoms with Gasteiger partial charge in [0.1, 0.15) is 36.6 Å². The van der Waals surface area contributed by atoms with Gasteiger partial charge in [0.2, 0.25) is 0 Å². The van der Waals surface area contributed by atoms with Crippen LogP contribution in [0.4, 0.5) is 0 Å². The van der Waals surface area contributed by atoms with Gasteiger partial charge in [0.25, 0.3) is 0 Å². The number of fused-ring (bicyclic) bond motifs is 5. The fraction of sp³-hybridized carbons (Fsp3) is 1.00. The molecule has 0 amide bonds. The molecule has 4 saturated carbocycles. The van der Waals surface area contributed by atoms with Crippen LogP contribution in [0.1, 0.15) is 92.4 Å². The summed E-state index contributed by atoms with van der Waals surface area (Å²) in [5.41, 5.74) is -0.117. The van der Waals surface area contributed by atoms with E-state index >= 15 is 0 Å². The molecule has 6 aliphatic rings. The molecule has 12 heteroatoms. The molecular weight excluding hydrogens is 648 g/mol. The first-order valence-electron chi connectivity index (χ1n) is 19.4. The smallest absolute Gasteiger partial charge is 0.186 e. The fourth-order valence-electron chi connectivity index (χ4n) is 12.0. The van der Waals surface area contributed by atoms with Crippen LogP contribution < -0.4 is 0 Å². The first kappa shape index (κ1) is 39.2. The van der Waals surface area contributed by atoms with Gasteiger partial charge in [-0.05, 0) is 110 Å². The van der Waals surface area contributed by atoms with Crippen LogP contribution in [-0.4, -0.2) is 130 Å². The van der Waals surface area contributed by atoms with E-state index in [4.69, 9.17) is 23.7 Å². The van der Waals surface area contributed by atoms with Crippen molar-refractivity contribution in [3.63, 3.8) is 0 Å². The molecule has 6 rings (SSSR count). The van der Waals surface area contributed by atoms with Crippen molar-refractivity contribution >= 4 is 0 Å². The third-order valence-electron chi connectivity index (χ3n) is 14.9. The molecule has 6 fully saturated rings. The van der Waals surface area contributed by atoms with Gasteiger partial charge in [-0.25, -0.2) is 0 Å². The molecule has 7 N–H and O–H groups in total. The van der Waals surface area contributed by atoms with Gasteiger partial charge in [-0.1, -0.05) is 34.6 Å². The number of ether oxygens (including phenoxy) is 5. The SMILES string of the molecule is CO[C@H]1[C@H](O[C@H]2CC[C@@]3(C)[C@H](C2)[C@H](O)C[C@H]2[C@@H]4[C@@H](O)C[C@H]([C@H](C)CC[C@H](O[C@H]5O[C@H](CO)[C@@H](O)[C@@H]5O)C(C)C)[C@@]4(C)CC[C@@H]23)OC[C@@H](O)[C@@H]1O. The van der Waals surface area contributed by atoms with Crippen LogP contribution in [-0.2, 0) is 23.7 Å². The molecule has 50 heavy (non-hydrogen) atoms. The van der Waals surface area contributed by atoms with Gasteiger partial charge in [0.15, 0.2) is 12.6 Å². The van der Waals surface area contributed by atoms with Crippen LogP contribution in [0.5, 0.6) is 0 Å². The monoisotopic (exact) mass is 714 g/mol. The Labute approximate surface area is 297 Å². The molecule has 2 saturated heterocycles. The summed E-state index contributed by atoms with van der Waals surface area (Å²) in [5.74, 6) is 1.64. The molecule has 290 valence electrons. The normalized spacial score (nSPS) is 52.0. The van der Waals surface area contributed by atoms with E-state index in [2.05, 4.69) is 34.6 Å². The lowest BCUT2D eigenvalue weighted by Crippen LogP contribution is -2.60.